The van der Waals surface area contributed by atoms with Crippen molar-refractivity contribution < 1.29 is 31.0 Å². The fraction of sp³-hybridized carbons (Fsp3) is 0.700. The third kappa shape index (κ3) is 10.4. The Bertz CT molecular complexity index is 598. The van der Waals surface area contributed by atoms with E-state index < -0.39 is 16.4 Å². The molecule has 1 aromatic rings. The first-order chi connectivity index (χ1) is 13.5. The maximum absolute atomic E-state index is 12.3. The predicted molar refractivity (Wildman–Crippen MR) is 107 cm³/mol. The minimum Gasteiger partial charge on any atom is -0.485 e. The van der Waals surface area contributed by atoms with Gasteiger partial charge >= 0.3 is 16.4 Å². The van der Waals surface area contributed by atoms with Gasteiger partial charge < -0.3 is 14.2 Å². The van der Waals surface area contributed by atoms with Crippen molar-refractivity contribution in [2.24, 2.45) is 0 Å². The van der Waals surface area contributed by atoms with Crippen LogP contribution < -0.4 is 4.74 Å². The highest BCUT2D eigenvalue weighted by Gasteiger charge is 2.40. The number of unbranched alkanes of at least 4 members (excludes halogenated alkanes) is 5. The summed E-state index contributed by atoms with van der Waals surface area (Å²) in [4.78, 5) is 0. The van der Waals surface area contributed by atoms with E-state index in [0.29, 0.717) is 12.2 Å². The van der Waals surface area contributed by atoms with E-state index in [1.165, 1.54) is 12.8 Å². The highest BCUT2D eigenvalue weighted by Crippen LogP contribution is 2.22. The maximum Gasteiger partial charge on any atom is 0.404 e. The number of ether oxygens (including phenoxy) is 3. The summed E-state index contributed by atoms with van der Waals surface area (Å²) in [6, 6.07) is 8.94. The lowest BCUT2D eigenvalue weighted by molar-refractivity contribution is -0.350. The first-order valence-electron chi connectivity index (χ1n) is 10.0. The Kier molecular flexibility index (Phi) is 12.3. The van der Waals surface area contributed by atoms with Gasteiger partial charge in [-0.25, -0.2) is 4.18 Å². The molecule has 0 bridgehead atoms. The van der Waals surface area contributed by atoms with Gasteiger partial charge in [-0.2, -0.15) is 12.6 Å². The molecule has 0 aliphatic heterocycles. The summed E-state index contributed by atoms with van der Waals surface area (Å²) >= 11 is 0. The van der Waals surface area contributed by atoms with Gasteiger partial charge in [-0.1, -0.05) is 57.2 Å². The molecule has 7 nitrogen and oxygen atoms in total. The van der Waals surface area contributed by atoms with Gasteiger partial charge in [-0.15, -0.1) is 0 Å². The minimum absolute atomic E-state index is 0.0579. The quantitative estimate of drug-likeness (QED) is 0.273. The fourth-order valence-electron chi connectivity index (χ4n) is 2.55. The summed E-state index contributed by atoms with van der Waals surface area (Å²) in [5, 5.41) is 0. The van der Waals surface area contributed by atoms with Crippen LogP contribution in [0.1, 0.15) is 59.3 Å². The Labute approximate surface area is 169 Å². The van der Waals surface area contributed by atoms with Gasteiger partial charge in [-0.3, -0.25) is 0 Å². The Morgan fingerprint density at radius 1 is 0.857 bits per heavy atom. The van der Waals surface area contributed by atoms with Crippen molar-refractivity contribution in [1.29, 1.82) is 0 Å². The van der Waals surface area contributed by atoms with Crippen LogP contribution in [0.25, 0.3) is 0 Å². The topological polar surface area (TPSA) is 80.3 Å². The second-order valence-corrected chi connectivity index (χ2v) is 7.45. The van der Waals surface area contributed by atoms with Gasteiger partial charge in [0.15, 0.2) is 6.61 Å². The van der Waals surface area contributed by atoms with Crippen LogP contribution in [0.4, 0.5) is 0 Å². The summed E-state index contributed by atoms with van der Waals surface area (Å²) < 4.78 is 51.2. The first-order valence-corrected chi connectivity index (χ1v) is 11.4. The largest absolute Gasteiger partial charge is 0.485 e. The van der Waals surface area contributed by atoms with Crippen LogP contribution in [0.2, 0.25) is 0 Å². The summed E-state index contributed by atoms with van der Waals surface area (Å²) in [5.74, 6) is -1.36. The van der Waals surface area contributed by atoms with E-state index in [-0.39, 0.29) is 26.4 Å². The molecule has 0 unspecified atom stereocenters. The zero-order chi connectivity index (χ0) is 20.7. The smallest absolute Gasteiger partial charge is 0.404 e. The van der Waals surface area contributed by atoms with E-state index >= 15 is 0 Å². The molecule has 0 fully saturated rings. The lowest BCUT2D eigenvalue weighted by Crippen LogP contribution is -2.47. The Morgan fingerprint density at radius 3 is 2.07 bits per heavy atom. The van der Waals surface area contributed by atoms with Gasteiger partial charge in [0, 0.05) is 13.2 Å². The lowest BCUT2D eigenvalue weighted by Gasteiger charge is -2.30. The molecule has 0 saturated heterocycles. The normalized spacial score (nSPS) is 12.2. The van der Waals surface area contributed by atoms with Crippen LogP contribution in [0, 0.1) is 0 Å². The molecule has 162 valence electrons. The molecule has 8 heteroatoms. The van der Waals surface area contributed by atoms with Crippen LogP contribution in [-0.2, 0) is 28.2 Å². The monoisotopic (exact) mass is 418 g/mol. The van der Waals surface area contributed by atoms with E-state index in [1.807, 2.05) is 6.07 Å². The molecule has 28 heavy (non-hydrogen) atoms. The molecule has 0 spiro atoms. The molecule has 0 atom stereocenters. The van der Waals surface area contributed by atoms with Gasteiger partial charge in [0.25, 0.3) is 0 Å². The third-order valence-electron chi connectivity index (χ3n) is 3.84. The number of para-hydroxylation sites is 1. The Morgan fingerprint density at radius 2 is 1.46 bits per heavy atom. The summed E-state index contributed by atoms with van der Waals surface area (Å²) in [6.07, 6.45) is 6.12. The van der Waals surface area contributed by atoms with Crippen LogP contribution in [0.5, 0.6) is 5.75 Å². The number of hydrogen-bond donors (Lipinski definition) is 0. The van der Waals surface area contributed by atoms with Crippen molar-refractivity contribution in [1.82, 2.24) is 0 Å². The highest BCUT2D eigenvalue weighted by atomic mass is 32.3. The van der Waals surface area contributed by atoms with Gasteiger partial charge in [-0.05, 0) is 32.4 Å². The standard InChI is InChI=1S/C20H34O7S/c1-4-7-8-9-10-14-17-26-28(21,22)27-20(24-5-2,25-6-3)18-23-19-15-12-11-13-16-19/h11-13,15-16H,4-10,14,17-18H2,1-3H3. The molecule has 0 heterocycles. The maximum atomic E-state index is 12.3. The van der Waals surface area contributed by atoms with E-state index in [4.69, 9.17) is 22.6 Å². The average Bonchev–Trinajstić information content (AvgIpc) is 2.66. The van der Waals surface area contributed by atoms with Crippen molar-refractivity contribution in [3.8, 4) is 5.75 Å². The molecular formula is C20H34O7S. The number of benzene rings is 1. The van der Waals surface area contributed by atoms with E-state index in [0.717, 1.165) is 19.3 Å². The molecule has 1 rings (SSSR count). The molecule has 0 aliphatic rings. The van der Waals surface area contributed by atoms with Gasteiger partial charge in [0.2, 0.25) is 0 Å². The van der Waals surface area contributed by atoms with Gasteiger partial charge in [0.1, 0.15) is 5.75 Å². The molecule has 0 aromatic heterocycles. The van der Waals surface area contributed by atoms with Gasteiger partial charge in [0.05, 0.1) is 6.61 Å². The van der Waals surface area contributed by atoms with Crippen molar-refractivity contribution in [3.05, 3.63) is 30.3 Å². The second-order valence-electron chi connectivity index (χ2n) is 6.23. The first kappa shape index (κ1) is 24.8. The van der Waals surface area contributed by atoms with Crippen LogP contribution >= 0.6 is 0 Å². The molecule has 0 amide bonds. The van der Waals surface area contributed by atoms with E-state index in [9.17, 15) is 8.42 Å². The van der Waals surface area contributed by atoms with E-state index in [2.05, 4.69) is 6.92 Å². The molecule has 0 aliphatic carbocycles. The molecule has 0 N–H and O–H groups in total. The number of rotatable bonds is 17. The molecule has 1 aromatic carbocycles. The predicted octanol–water partition coefficient (Wildman–Crippen LogP) is 4.43. The van der Waals surface area contributed by atoms with Crippen molar-refractivity contribution in [2.45, 2.75) is 65.3 Å². The number of hydrogen-bond acceptors (Lipinski definition) is 7. The van der Waals surface area contributed by atoms with E-state index in [1.54, 1.807) is 38.1 Å². The summed E-state index contributed by atoms with van der Waals surface area (Å²) in [6.45, 7) is 5.71. The minimum atomic E-state index is -4.32. The SMILES string of the molecule is CCCCCCCCOS(=O)(=O)OC(COc1ccccc1)(OCC)OCC. The zero-order valence-electron chi connectivity index (χ0n) is 17.2. The fourth-order valence-corrected chi connectivity index (χ4v) is 3.37. The Balaban J connectivity index is 2.62. The molecule has 0 saturated carbocycles. The highest BCUT2D eigenvalue weighted by molar-refractivity contribution is 7.81. The van der Waals surface area contributed by atoms with Crippen LogP contribution in [0.15, 0.2) is 30.3 Å². The second kappa shape index (κ2) is 13.9. The summed E-state index contributed by atoms with van der Waals surface area (Å²) in [7, 11) is -4.32. The van der Waals surface area contributed by atoms with Crippen molar-refractivity contribution in [3.63, 3.8) is 0 Å². The summed E-state index contributed by atoms with van der Waals surface area (Å²) in [5.41, 5.74) is 0. The zero-order valence-corrected chi connectivity index (χ0v) is 18.0. The molecular weight excluding hydrogens is 384 g/mol. The Hall–Kier alpha value is -1.19. The van der Waals surface area contributed by atoms with Crippen molar-refractivity contribution >= 4 is 10.4 Å². The third-order valence-corrected chi connectivity index (χ3v) is 4.76. The molecule has 0 radical (unpaired) electrons. The average molecular weight is 419 g/mol. The lowest BCUT2D eigenvalue weighted by atomic mass is 10.1. The van der Waals surface area contributed by atoms with Crippen LogP contribution in [-0.4, -0.2) is 40.8 Å². The van der Waals surface area contributed by atoms with Crippen LogP contribution in [0.3, 0.4) is 0 Å². The van der Waals surface area contributed by atoms with Crippen molar-refractivity contribution in [2.75, 3.05) is 26.4 Å².